The highest BCUT2D eigenvalue weighted by Crippen LogP contribution is 2.32. The van der Waals surface area contributed by atoms with Crippen LogP contribution in [0.15, 0.2) is 0 Å². The van der Waals surface area contributed by atoms with Gasteiger partial charge >= 0.3 is 0 Å². The molecule has 0 radical (unpaired) electrons. The van der Waals surface area contributed by atoms with Crippen LogP contribution in [0.5, 0.6) is 0 Å². The number of rotatable bonds is 10. The maximum Gasteiger partial charge on any atom is 0.217 e. The minimum Gasteiger partial charge on any atom is -0.394 e. The molecule has 3 saturated heterocycles. The van der Waals surface area contributed by atoms with Gasteiger partial charge in [-0.15, -0.1) is 0 Å². The first-order chi connectivity index (χ1) is 20.2. The van der Waals surface area contributed by atoms with E-state index in [1.54, 1.807) is 0 Å². The van der Waals surface area contributed by atoms with Gasteiger partial charge in [-0.05, 0) is 0 Å². The molecule has 3 aliphatic rings. The summed E-state index contributed by atoms with van der Waals surface area (Å²) in [7, 11) is 0. The van der Waals surface area contributed by atoms with Crippen LogP contribution in [0.2, 0.25) is 0 Å². The topological polar surface area (TPSA) is 295 Å². The van der Waals surface area contributed by atoms with Gasteiger partial charge in [0.15, 0.2) is 18.9 Å². The molecule has 3 heterocycles. The SMILES string of the molecule is CC(=O)N[C@@H]1[C@@H](O)[C@@H](O[C@H]2O[C@H](CO)[C@H](O[C@H]3O[C@H](CO)[C@H](O)[C@H](O)[C@H]3NC(C)=O)[C@H](O)[C@H]2NC(C)=O)[C@@H](CO)O[C@@H]1O. The van der Waals surface area contributed by atoms with Gasteiger partial charge < -0.3 is 80.5 Å². The van der Waals surface area contributed by atoms with E-state index in [2.05, 4.69) is 16.0 Å². The summed E-state index contributed by atoms with van der Waals surface area (Å²) in [4.78, 5) is 35.5. The van der Waals surface area contributed by atoms with Crippen molar-refractivity contribution in [1.29, 1.82) is 0 Å². The van der Waals surface area contributed by atoms with E-state index in [-0.39, 0.29) is 0 Å². The highest BCUT2D eigenvalue weighted by atomic mass is 16.7. The van der Waals surface area contributed by atoms with Crippen LogP contribution in [0.3, 0.4) is 0 Å². The molecule has 3 rings (SSSR count). The minimum absolute atomic E-state index is 0.628. The van der Waals surface area contributed by atoms with Crippen LogP contribution in [-0.2, 0) is 38.1 Å². The monoisotopic (exact) mass is 627 g/mol. The molecule has 19 heteroatoms. The fraction of sp³-hybridized carbons (Fsp3) is 0.875. The van der Waals surface area contributed by atoms with Gasteiger partial charge in [0.05, 0.1) is 19.8 Å². The van der Waals surface area contributed by atoms with Crippen molar-refractivity contribution in [3.63, 3.8) is 0 Å². The quantitative estimate of drug-likeness (QED) is 0.107. The summed E-state index contributed by atoms with van der Waals surface area (Å²) in [5.41, 5.74) is 0. The Hall–Kier alpha value is -2.11. The van der Waals surface area contributed by atoms with Gasteiger partial charge in [0.2, 0.25) is 17.7 Å². The Morgan fingerprint density at radius 2 is 0.930 bits per heavy atom. The lowest BCUT2D eigenvalue weighted by atomic mass is 9.93. The Kier molecular flexibility index (Phi) is 12.5. The Balaban J connectivity index is 1.89. The molecule has 11 N–H and O–H groups in total. The number of carbonyl (C=O) groups is 3. The molecule has 0 unspecified atom stereocenters. The molecule has 3 aliphatic heterocycles. The first-order valence-electron chi connectivity index (χ1n) is 13.5. The summed E-state index contributed by atoms with van der Waals surface area (Å²) < 4.78 is 28.3. The van der Waals surface area contributed by atoms with Gasteiger partial charge in [0.1, 0.15) is 73.1 Å². The molecule has 3 amide bonds. The Morgan fingerprint density at radius 3 is 1.37 bits per heavy atom. The van der Waals surface area contributed by atoms with E-state index in [0.717, 1.165) is 20.8 Å². The lowest BCUT2D eigenvalue weighted by Crippen LogP contribution is -2.71. The number of aliphatic hydroxyl groups is 8. The molecule has 0 saturated carbocycles. The van der Waals surface area contributed by atoms with Crippen LogP contribution in [-0.4, -0.2) is 170 Å². The summed E-state index contributed by atoms with van der Waals surface area (Å²) in [6.45, 7) is 0.995. The molecule has 3 fully saturated rings. The predicted molar refractivity (Wildman–Crippen MR) is 136 cm³/mol. The maximum absolute atomic E-state index is 12.1. The molecule has 0 aliphatic carbocycles. The second-order valence-corrected chi connectivity index (χ2v) is 10.5. The summed E-state index contributed by atoms with van der Waals surface area (Å²) in [6, 6.07) is -4.31. The average molecular weight is 628 g/mol. The molecule has 248 valence electrons. The molecule has 15 atom stereocenters. The third-order valence-corrected chi connectivity index (χ3v) is 7.30. The summed E-state index contributed by atoms with van der Waals surface area (Å²) in [5, 5.41) is 90.0. The number of aliphatic hydroxyl groups excluding tert-OH is 8. The zero-order valence-corrected chi connectivity index (χ0v) is 23.6. The fourth-order valence-corrected chi connectivity index (χ4v) is 5.28. The average Bonchev–Trinajstić information content (AvgIpc) is 2.94. The maximum atomic E-state index is 12.1. The molecule has 43 heavy (non-hydrogen) atoms. The van der Waals surface area contributed by atoms with Gasteiger partial charge in [-0.1, -0.05) is 0 Å². The van der Waals surface area contributed by atoms with E-state index >= 15 is 0 Å². The highest BCUT2D eigenvalue weighted by molar-refractivity contribution is 5.74. The second-order valence-electron chi connectivity index (χ2n) is 10.5. The molecular formula is C24H41N3O16. The normalized spacial score (nSPS) is 43.5. The van der Waals surface area contributed by atoms with Gasteiger partial charge in [0.25, 0.3) is 0 Å². The molecule has 0 spiro atoms. The van der Waals surface area contributed by atoms with Gasteiger partial charge in [-0.25, -0.2) is 0 Å². The fourth-order valence-electron chi connectivity index (χ4n) is 5.28. The molecular weight excluding hydrogens is 586 g/mol. The van der Waals surface area contributed by atoms with Crippen molar-refractivity contribution in [2.75, 3.05) is 19.8 Å². The lowest BCUT2D eigenvalue weighted by Gasteiger charge is -2.49. The van der Waals surface area contributed by atoms with Crippen molar-refractivity contribution in [1.82, 2.24) is 16.0 Å². The third kappa shape index (κ3) is 8.14. The van der Waals surface area contributed by atoms with E-state index < -0.39 is 129 Å². The van der Waals surface area contributed by atoms with Crippen molar-refractivity contribution in [3.8, 4) is 0 Å². The molecule has 0 aromatic rings. The first kappa shape index (κ1) is 35.4. The van der Waals surface area contributed by atoms with E-state index in [4.69, 9.17) is 23.7 Å². The Bertz CT molecular complexity index is 962. The molecule has 19 nitrogen and oxygen atoms in total. The summed E-state index contributed by atoms with van der Waals surface area (Å²) >= 11 is 0. The Labute approximate surface area is 245 Å². The highest BCUT2D eigenvalue weighted by Gasteiger charge is 2.54. The number of hydrogen-bond acceptors (Lipinski definition) is 16. The van der Waals surface area contributed by atoms with Crippen LogP contribution in [0.1, 0.15) is 20.8 Å². The number of nitrogens with one attached hydrogen (secondary N) is 3. The van der Waals surface area contributed by atoms with Crippen molar-refractivity contribution >= 4 is 17.7 Å². The van der Waals surface area contributed by atoms with Crippen molar-refractivity contribution in [2.45, 2.75) is 113 Å². The van der Waals surface area contributed by atoms with Gasteiger partial charge in [-0.2, -0.15) is 0 Å². The van der Waals surface area contributed by atoms with Gasteiger partial charge in [0, 0.05) is 20.8 Å². The van der Waals surface area contributed by atoms with Crippen molar-refractivity contribution in [3.05, 3.63) is 0 Å². The molecule has 0 aromatic carbocycles. The van der Waals surface area contributed by atoms with Crippen LogP contribution in [0.4, 0.5) is 0 Å². The summed E-state index contributed by atoms with van der Waals surface area (Å²) in [6.07, 6.45) is -19.0. The van der Waals surface area contributed by atoms with E-state index in [1.165, 1.54) is 0 Å². The molecule has 0 bridgehead atoms. The Morgan fingerprint density at radius 1 is 0.558 bits per heavy atom. The van der Waals surface area contributed by atoms with E-state index in [1.807, 2.05) is 0 Å². The summed E-state index contributed by atoms with van der Waals surface area (Å²) in [5.74, 6) is -1.96. The predicted octanol–water partition coefficient (Wildman–Crippen LogP) is -7.14. The zero-order valence-electron chi connectivity index (χ0n) is 23.6. The minimum atomic E-state index is -1.77. The number of carbonyl (C=O) groups excluding carboxylic acids is 3. The van der Waals surface area contributed by atoms with Gasteiger partial charge in [-0.3, -0.25) is 14.4 Å². The molecule has 0 aromatic heterocycles. The van der Waals surface area contributed by atoms with Crippen molar-refractivity contribution < 1.29 is 78.9 Å². The lowest BCUT2D eigenvalue weighted by molar-refractivity contribution is -0.351. The standard InChI is InChI=1S/C24H41N3O16/c1-7(31)25-13-18(36)20(11(5-29)39-22(13)38)42-24-15(27-9(3)33)19(37)21(12(6-30)41-24)43-23-14(26-8(2)32)17(35)16(34)10(4-28)40-23/h10-24,28-30,34-38H,4-6H2,1-3H3,(H,25,31)(H,26,32)(H,27,33)/t10-,11-,12-,13-,14-,15-,16+,17-,18-,19-,20+,21+,22+,23-,24-/m1/s1. The number of amides is 3. The first-order valence-corrected chi connectivity index (χ1v) is 13.5. The van der Waals surface area contributed by atoms with Crippen LogP contribution in [0.25, 0.3) is 0 Å². The van der Waals surface area contributed by atoms with Crippen LogP contribution in [0, 0.1) is 0 Å². The number of hydrogen-bond donors (Lipinski definition) is 11. The van der Waals surface area contributed by atoms with Crippen LogP contribution >= 0.6 is 0 Å². The van der Waals surface area contributed by atoms with Crippen LogP contribution < -0.4 is 16.0 Å². The third-order valence-electron chi connectivity index (χ3n) is 7.30. The van der Waals surface area contributed by atoms with E-state index in [9.17, 15) is 55.2 Å². The largest absolute Gasteiger partial charge is 0.394 e. The second kappa shape index (κ2) is 15.3. The van der Waals surface area contributed by atoms with E-state index in [0.29, 0.717) is 0 Å². The zero-order chi connectivity index (χ0) is 32.2. The smallest absolute Gasteiger partial charge is 0.217 e. The number of ether oxygens (including phenoxy) is 5. The van der Waals surface area contributed by atoms with Crippen molar-refractivity contribution in [2.24, 2.45) is 0 Å².